The average Bonchev–Trinajstić information content (AvgIpc) is 2.37. The third-order valence-corrected chi connectivity index (χ3v) is 4.20. The zero-order valence-electron chi connectivity index (χ0n) is 13.9. The summed E-state index contributed by atoms with van der Waals surface area (Å²) in [4.78, 5) is 0. The Labute approximate surface area is 134 Å². The Balaban J connectivity index is 2.75. The maximum Gasteiger partial charge on any atom is 0.0481 e. The molecule has 0 aliphatic heterocycles. The van der Waals surface area contributed by atoms with Crippen molar-refractivity contribution in [2.75, 3.05) is 0 Å². The Morgan fingerprint density at radius 2 is 1.10 bits per heavy atom. The maximum absolute atomic E-state index is 6.74. The second-order valence-corrected chi connectivity index (χ2v) is 8.13. The van der Waals surface area contributed by atoms with Crippen molar-refractivity contribution in [3.63, 3.8) is 0 Å². The molecule has 0 spiro atoms. The van der Waals surface area contributed by atoms with E-state index in [9.17, 15) is 0 Å². The van der Waals surface area contributed by atoms with Gasteiger partial charge in [-0.25, -0.2) is 0 Å². The molecule has 112 valence electrons. The minimum absolute atomic E-state index is 0.0296. The molecule has 0 nitrogen and oxygen atoms in total. The lowest BCUT2D eigenvalue weighted by atomic mass is 9.78. The molecule has 0 atom stereocenters. The predicted molar refractivity (Wildman–Crippen MR) is 94.3 cm³/mol. The highest BCUT2D eigenvalue weighted by Crippen LogP contribution is 2.40. The van der Waals surface area contributed by atoms with Crippen molar-refractivity contribution >= 4 is 11.6 Å². The van der Waals surface area contributed by atoms with Crippen molar-refractivity contribution in [3.8, 4) is 11.1 Å². The Morgan fingerprint density at radius 3 is 1.48 bits per heavy atom. The molecule has 2 rings (SSSR count). The van der Waals surface area contributed by atoms with Crippen LogP contribution in [0.3, 0.4) is 0 Å². The first-order valence-electron chi connectivity index (χ1n) is 7.50. The highest BCUT2D eigenvalue weighted by atomic mass is 35.5. The fraction of sp³-hybridized carbons (Fsp3) is 0.400. The molecule has 0 bridgehead atoms. The lowest BCUT2D eigenvalue weighted by Crippen LogP contribution is -2.18. The molecule has 0 amide bonds. The second kappa shape index (κ2) is 5.50. The van der Waals surface area contributed by atoms with Gasteiger partial charge < -0.3 is 0 Å². The van der Waals surface area contributed by atoms with Gasteiger partial charge >= 0.3 is 0 Å². The Bertz CT molecular complexity index is 590. The molecule has 0 unspecified atom stereocenters. The molecule has 0 N–H and O–H groups in total. The van der Waals surface area contributed by atoms with Crippen LogP contribution in [-0.4, -0.2) is 0 Å². The summed E-state index contributed by atoms with van der Waals surface area (Å²) in [5.41, 5.74) is 4.98. The highest BCUT2D eigenvalue weighted by Gasteiger charge is 2.25. The fourth-order valence-electron chi connectivity index (χ4n) is 2.51. The van der Waals surface area contributed by atoms with Gasteiger partial charge in [-0.2, -0.15) is 0 Å². The van der Waals surface area contributed by atoms with Crippen LogP contribution in [0.2, 0.25) is 5.02 Å². The molecule has 0 saturated carbocycles. The van der Waals surface area contributed by atoms with Crippen molar-refractivity contribution in [1.82, 2.24) is 0 Å². The molecule has 0 aliphatic carbocycles. The summed E-state index contributed by atoms with van der Waals surface area (Å²) in [5, 5.41) is 0.912. The zero-order chi connectivity index (χ0) is 15.8. The first-order chi connectivity index (χ1) is 9.60. The van der Waals surface area contributed by atoms with Gasteiger partial charge in [0, 0.05) is 5.02 Å². The van der Waals surface area contributed by atoms with E-state index in [1.165, 1.54) is 22.3 Å². The van der Waals surface area contributed by atoms with E-state index in [0.29, 0.717) is 0 Å². The standard InChI is InChI=1S/C20H25Cl/c1-19(2,3)16-12-15(14-10-8-7-9-11-14)13-17(18(16)21)20(4,5)6/h7-13H,1-6H3. The van der Waals surface area contributed by atoms with E-state index in [2.05, 4.69) is 84.0 Å². The number of hydrogen-bond donors (Lipinski definition) is 0. The third kappa shape index (κ3) is 3.49. The Kier molecular flexibility index (Phi) is 4.22. The van der Waals surface area contributed by atoms with E-state index < -0.39 is 0 Å². The van der Waals surface area contributed by atoms with Gasteiger partial charge in [-0.15, -0.1) is 0 Å². The van der Waals surface area contributed by atoms with Gasteiger partial charge in [0.1, 0.15) is 0 Å². The van der Waals surface area contributed by atoms with E-state index in [0.717, 1.165) is 5.02 Å². The van der Waals surface area contributed by atoms with Crippen molar-refractivity contribution in [3.05, 3.63) is 58.6 Å². The van der Waals surface area contributed by atoms with E-state index in [1.807, 2.05) is 0 Å². The predicted octanol–water partition coefficient (Wildman–Crippen LogP) is 6.60. The summed E-state index contributed by atoms with van der Waals surface area (Å²) >= 11 is 6.74. The molecule has 21 heavy (non-hydrogen) atoms. The third-order valence-electron chi connectivity index (χ3n) is 3.80. The van der Waals surface area contributed by atoms with Crippen LogP contribution >= 0.6 is 11.6 Å². The summed E-state index contributed by atoms with van der Waals surface area (Å²) in [6.45, 7) is 13.3. The molecule has 0 aromatic heterocycles. The number of benzene rings is 2. The normalized spacial score (nSPS) is 12.5. The summed E-state index contributed by atoms with van der Waals surface area (Å²) in [5.74, 6) is 0. The first kappa shape index (κ1) is 16.1. The molecule has 2 aromatic rings. The van der Waals surface area contributed by atoms with Gasteiger partial charge in [0.25, 0.3) is 0 Å². The molecular weight excluding hydrogens is 276 g/mol. The van der Waals surface area contributed by atoms with Crippen LogP contribution in [0.1, 0.15) is 52.7 Å². The van der Waals surface area contributed by atoms with Crippen LogP contribution in [0.4, 0.5) is 0 Å². The molecule has 0 aliphatic rings. The van der Waals surface area contributed by atoms with E-state index in [4.69, 9.17) is 11.6 Å². The maximum atomic E-state index is 6.74. The van der Waals surface area contributed by atoms with Gasteiger partial charge in [0.15, 0.2) is 0 Å². The van der Waals surface area contributed by atoms with Crippen LogP contribution in [0, 0.1) is 0 Å². The van der Waals surface area contributed by atoms with Crippen LogP contribution in [-0.2, 0) is 10.8 Å². The quantitative estimate of drug-likeness (QED) is 0.556. The van der Waals surface area contributed by atoms with Crippen molar-refractivity contribution in [2.24, 2.45) is 0 Å². The summed E-state index contributed by atoms with van der Waals surface area (Å²) < 4.78 is 0. The van der Waals surface area contributed by atoms with Crippen LogP contribution in [0.15, 0.2) is 42.5 Å². The van der Waals surface area contributed by atoms with Gasteiger partial charge in [0.05, 0.1) is 0 Å². The van der Waals surface area contributed by atoms with Crippen molar-refractivity contribution < 1.29 is 0 Å². The highest BCUT2D eigenvalue weighted by molar-refractivity contribution is 6.32. The smallest absolute Gasteiger partial charge is 0.0481 e. The molecule has 0 saturated heterocycles. The zero-order valence-corrected chi connectivity index (χ0v) is 14.7. The summed E-state index contributed by atoms with van der Waals surface area (Å²) in [6, 6.07) is 15.0. The number of hydrogen-bond acceptors (Lipinski definition) is 0. The Hall–Kier alpha value is -1.27. The Morgan fingerprint density at radius 1 is 0.667 bits per heavy atom. The summed E-state index contributed by atoms with van der Waals surface area (Å²) in [7, 11) is 0. The first-order valence-corrected chi connectivity index (χ1v) is 7.88. The molecule has 1 heteroatoms. The topological polar surface area (TPSA) is 0 Å². The SMILES string of the molecule is CC(C)(C)c1cc(-c2ccccc2)cc(C(C)(C)C)c1Cl. The number of halogens is 1. The molecule has 0 heterocycles. The lowest BCUT2D eigenvalue weighted by Gasteiger charge is -2.28. The second-order valence-electron chi connectivity index (χ2n) is 7.75. The van der Waals surface area contributed by atoms with Crippen LogP contribution in [0.5, 0.6) is 0 Å². The number of rotatable bonds is 1. The average molecular weight is 301 g/mol. The van der Waals surface area contributed by atoms with E-state index >= 15 is 0 Å². The monoisotopic (exact) mass is 300 g/mol. The molecular formula is C20H25Cl. The van der Waals surface area contributed by atoms with Gasteiger partial charge in [-0.3, -0.25) is 0 Å². The fourth-order valence-corrected chi connectivity index (χ4v) is 3.19. The van der Waals surface area contributed by atoms with Gasteiger partial charge in [0.2, 0.25) is 0 Å². The van der Waals surface area contributed by atoms with E-state index in [-0.39, 0.29) is 10.8 Å². The molecule has 2 aromatic carbocycles. The minimum atomic E-state index is 0.0296. The molecule has 0 radical (unpaired) electrons. The molecule has 0 fully saturated rings. The van der Waals surface area contributed by atoms with Crippen molar-refractivity contribution in [1.29, 1.82) is 0 Å². The largest absolute Gasteiger partial charge is 0.0837 e. The van der Waals surface area contributed by atoms with Crippen LogP contribution < -0.4 is 0 Å². The van der Waals surface area contributed by atoms with Crippen LogP contribution in [0.25, 0.3) is 11.1 Å². The lowest BCUT2D eigenvalue weighted by molar-refractivity contribution is 0.569. The summed E-state index contributed by atoms with van der Waals surface area (Å²) in [6.07, 6.45) is 0. The van der Waals surface area contributed by atoms with Gasteiger partial charge in [-0.05, 0) is 45.2 Å². The van der Waals surface area contributed by atoms with Gasteiger partial charge in [-0.1, -0.05) is 83.5 Å². The van der Waals surface area contributed by atoms with E-state index in [1.54, 1.807) is 0 Å². The van der Waals surface area contributed by atoms with Crippen molar-refractivity contribution in [2.45, 2.75) is 52.4 Å². The minimum Gasteiger partial charge on any atom is -0.0837 e.